The Bertz CT molecular complexity index is 727. The number of halogens is 1. The van der Waals surface area contributed by atoms with E-state index in [1.54, 1.807) is 12.1 Å². The van der Waals surface area contributed by atoms with Gasteiger partial charge in [0.05, 0.1) is 4.90 Å². The van der Waals surface area contributed by atoms with Crippen molar-refractivity contribution in [1.82, 2.24) is 14.9 Å². The van der Waals surface area contributed by atoms with E-state index in [1.807, 2.05) is 6.92 Å². The predicted molar refractivity (Wildman–Crippen MR) is 104 cm³/mol. The van der Waals surface area contributed by atoms with E-state index in [0.29, 0.717) is 18.7 Å². The molecule has 2 N–H and O–H groups in total. The molecule has 0 atom stereocenters. The zero-order valence-corrected chi connectivity index (χ0v) is 16.8. The molecule has 26 heavy (non-hydrogen) atoms. The van der Waals surface area contributed by atoms with Crippen molar-refractivity contribution in [3.63, 3.8) is 0 Å². The smallest absolute Gasteiger partial charge is 0.251 e. The third-order valence-corrected chi connectivity index (χ3v) is 6.98. The molecule has 0 aromatic heterocycles. The average molecular weight is 402 g/mol. The highest BCUT2D eigenvalue weighted by molar-refractivity contribution is 7.89. The Labute approximate surface area is 162 Å². The second kappa shape index (κ2) is 9.17. The summed E-state index contributed by atoms with van der Waals surface area (Å²) in [6.45, 7) is 4.76. The second-order valence-electron chi connectivity index (χ2n) is 6.94. The highest BCUT2D eigenvalue weighted by Gasteiger charge is 2.27. The van der Waals surface area contributed by atoms with Gasteiger partial charge in [-0.15, -0.1) is 12.4 Å². The Balaban J connectivity index is 0.00000243. The second-order valence-corrected chi connectivity index (χ2v) is 8.88. The van der Waals surface area contributed by atoms with Crippen LogP contribution in [0.1, 0.15) is 48.0 Å². The number of nitrogens with one attached hydrogen (secondary N) is 2. The van der Waals surface area contributed by atoms with Crippen LogP contribution in [0, 0.1) is 6.92 Å². The summed E-state index contributed by atoms with van der Waals surface area (Å²) in [6.07, 6.45) is 4.67. The molecule has 1 aromatic carbocycles. The van der Waals surface area contributed by atoms with Crippen molar-refractivity contribution in [3.05, 3.63) is 29.3 Å². The number of nitrogens with zero attached hydrogens (tertiary/aromatic N) is 1. The van der Waals surface area contributed by atoms with E-state index in [4.69, 9.17) is 0 Å². The Kier molecular flexibility index (Phi) is 7.46. The van der Waals surface area contributed by atoms with Gasteiger partial charge in [-0.3, -0.25) is 4.79 Å². The lowest BCUT2D eigenvalue weighted by Gasteiger charge is -2.26. The number of aryl methyl sites for hydroxylation is 1. The molecule has 0 aliphatic carbocycles. The number of piperidine rings is 2. The first-order valence-electron chi connectivity index (χ1n) is 9.11. The summed E-state index contributed by atoms with van der Waals surface area (Å²) in [5.74, 6) is -0.180. The molecule has 2 fully saturated rings. The van der Waals surface area contributed by atoms with E-state index < -0.39 is 10.0 Å². The van der Waals surface area contributed by atoms with E-state index in [-0.39, 0.29) is 29.3 Å². The molecule has 146 valence electrons. The number of carbonyl (C=O) groups excluding carboxylic acids is 1. The van der Waals surface area contributed by atoms with Gasteiger partial charge in [0.1, 0.15) is 0 Å². The zero-order valence-electron chi connectivity index (χ0n) is 15.2. The van der Waals surface area contributed by atoms with Gasteiger partial charge in [-0.25, -0.2) is 8.42 Å². The van der Waals surface area contributed by atoms with Gasteiger partial charge in [0, 0.05) is 24.7 Å². The molecule has 1 amide bonds. The monoisotopic (exact) mass is 401 g/mol. The van der Waals surface area contributed by atoms with E-state index in [2.05, 4.69) is 10.6 Å². The molecule has 2 heterocycles. The number of hydrogen-bond donors (Lipinski definition) is 2. The number of carbonyl (C=O) groups is 1. The van der Waals surface area contributed by atoms with Crippen LogP contribution in [0.4, 0.5) is 0 Å². The van der Waals surface area contributed by atoms with E-state index in [9.17, 15) is 13.2 Å². The van der Waals surface area contributed by atoms with Gasteiger partial charge in [0.2, 0.25) is 10.0 Å². The fourth-order valence-corrected chi connectivity index (χ4v) is 5.03. The Morgan fingerprint density at radius 2 is 1.81 bits per heavy atom. The first kappa shape index (κ1) is 21.2. The van der Waals surface area contributed by atoms with Crippen LogP contribution >= 0.6 is 12.4 Å². The van der Waals surface area contributed by atoms with Crippen molar-refractivity contribution in [2.45, 2.75) is 50.0 Å². The van der Waals surface area contributed by atoms with Crippen molar-refractivity contribution in [2.75, 3.05) is 26.2 Å². The molecule has 0 unspecified atom stereocenters. The van der Waals surface area contributed by atoms with Gasteiger partial charge in [0.15, 0.2) is 0 Å². The van der Waals surface area contributed by atoms with Gasteiger partial charge < -0.3 is 10.6 Å². The highest BCUT2D eigenvalue weighted by Crippen LogP contribution is 2.23. The van der Waals surface area contributed by atoms with Crippen LogP contribution in [-0.4, -0.2) is 50.9 Å². The Morgan fingerprint density at radius 1 is 1.15 bits per heavy atom. The fraction of sp³-hybridized carbons (Fsp3) is 0.611. The van der Waals surface area contributed by atoms with Gasteiger partial charge in [-0.2, -0.15) is 4.31 Å². The molecule has 6 nitrogen and oxygen atoms in total. The Morgan fingerprint density at radius 3 is 2.46 bits per heavy atom. The summed E-state index contributed by atoms with van der Waals surface area (Å²) in [4.78, 5) is 12.9. The topological polar surface area (TPSA) is 78.5 Å². The predicted octanol–water partition coefficient (Wildman–Crippen LogP) is 2.07. The lowest BCUT2D eigenvalue weighted by atomic mass is 10.0. The molecule has 2 aliphatic heterocycles. The van der Waals surface area contributed by atoms with E-state index in [1.165, 1.54) is 10.4 Å². The first-order chi connectivity index (χ1) is 12.0. The van der Waals surface area contributed by atoms with Crippen molar-refractivity contribution in [1.29, 1.82) is 0 Å². The quantitative estimate of drug-likeness (QED) is 0.809. The van der Waals surface area contributed by atoms with Crippen molar-refractivity contribution in [2.24, 2.45) is 0 Å². The molecule has 3 rings (SSSR count). The minimum Gasteiger partial charge on any atom is -0.349 e. The van der Waals surface area contributed by atoms with E-state index in [0.717, 1.165) is 50.8 Å². The SMILES string of the molecule is Cc1ccc(S(=O)(=O)N2CCCCC2)cc1C(=O)NC1CCNCC1.Cl. The molecule has 2 aliphatic rings. The largest absolute Gasteiger partial charge is 0.349 e. The molecule has 0 radical (unpaired) electrons. The maximum atomic E-state index is 12.8. The third-order valence-electron chi connectivity index (χ3n) is 5.08. The van der Waals surface area contributed by atoms with Crippen LogP contribution in [0.3, 0.4) is 0 Å². The minimum absolute atomic E-state index is 0. The van der Waals surface area contributed by atoms with Gasteiger partial charge >= 0.3 is 0 Å². The average Bonchev–Trinajstić information content (AvgIpc) is 2.63. The van der Waals surface area contributed by atoms with Crippen molar-refractivity contribution < 1.29 is 13.2 Å². The molecular weight excluding hydrogens is 374 g/mol. The summed E-state index contributed by atoms with van der Waals surface area (Å²) in [5.41, 5.74) is 1.25. The first-order valence-corrected chi connectivity index (χ1v) is 10.5. The van der Waals surface area contributed by atoms with Crippen LogP contribution in [0.25, 0.3) is 0 Å². The van der Waals surface area contributed by atoms with E-state index >= 15 is 0 Å². The number of benzene rings is 1. The minimum atomic E-state index is -3.52. The summed E-state index contributed by atoms with van der Waals surface area (Å²) in [5, 5.41) is 6.32. The summed E-state index contributed by atoms with van der Waals surface area (Å²) in [6, 6.07) is 5.03. The molecule has 1 aromatic rings. The van der Waals surface area contributed by atoms with Crippen molar-refractivity contribution in [3.8, 4) is 0 Å². The number of sulfonamides is 1. The number of rotatable bonds is 4. The van der Waals surface area contributed by atoms with Gasteiger partial charge in [-0.05, 0) is 63.4 Å². The molecule has 0 spiro atoms. The molecule has 0 saturated carbocycles. The normalized spacial score (nSPS) is 19.6. The zero-order chi connectivity index (χ0) is 17.9. The molecule has 8 heteroatoms. The van der Waals surface area contributed by atoms with Crippen LogP contribution in [0.5, 0.6) is 0 Å². The van der Waals surface area contributed by atoms with Gasteiger partial charge in [0.25, 0.3) is 5.91 Å². The molecule has 2 saturated heterocycles. The van der Waals surface area contributed by atoms with Crippen LogP contribution in [-0.2, 0) is 10.0 Å². The lowest BCUT2D eigenvalue weighted by molar-refractivity contribution is 0.0928. The maximum Gasteiger partial charge on any atom is 0.251 e. The summed E-state index contributed by atoms with van der Waals surface area (Å²) >= 11 is 0. The summed E-state index contributed by atoms with van der Waals surface area (Å²) < 4.78 is 27.2. The standard InChI is InChI=1S/C18H27N3O3S.ClH/c1-14-5-6-16(25(23,24)21-11-3-2-4-12-21)13-17(14)18(22)20-15-7-9-19-10-8-15;/h5-6,13,15,19H,2-4,7-12H2,1H3,(H,20,22);1H. The van der Waals surface area contributed by atoms with Gasteiger partial charge in [-0.1, -0.05) is 12.5 Å². The maximum absolute atomic E-state index is 12.8. The third kappa shape index (κ3) is 4.76. The number of amides is 1. The molecule has 0 bridgehead atoms. The Hall–Kier alpha value is -1.15. The fourth-order valence-electron chi connectivity index (χ4n) is 3.49. The van der Waals surface area contributed by atoms with Crippen LogP contribution < -0.4 is 10.6 Å². The summed E-state index contributed by atoms with van der Waals surface area (Å²) in [7, 11) is -3.52. The van der Waals surface area contributed by atoms with Crippen LogP contribution in [0.2, 0.25) is 0 Å². The van der Waals surface area contributed by atoms with Crippen molar-refractivity contribution >= 4 is 28.3 Å². The highest BCUT2D eigenvalue weighted by atomic mass is 35.5. The van der Waals surface area contributed by atoms with Crippen LogP contribution in [0.15, 0.2) is 23.1 Å². The number of hydrogen-bond acceptors (Lipinski definition) is 4. The molecular formula is C18H28ClN3O3S. The lowest BCUT2D eigenvalue weighted by Crippen LogP contribution is -2.43.